The Morgan fingerprint density at radius 2 is 1.94 bits per heavy atom. The first-order chi connectivity index (χ1) is 8.09. The van der Waals surface area contributed by atoms with E-state index in [0.29, 0.717) is 6.04 Å². The molecular weight excluding hydrogens is 232 g/mol. The highest BCUT2D eigenvalue weighted by Gasteiger charge is 2.10. The molecule has 1 unspecified atom stereocenters. The molecule has 17 heavy (non-hydrogen) atoms. The van der Waals surface area contributed by atoms with Crippen LogP contribution in [0.15, 0.2) is 41.4 Å². The summed E-state index contributed by atoms with van der Waals surface area (Å²) < 4.78 is 13.6. The minimum Gasteiger partial charge on any atom is -0.270 e. The Balaban J connectivity index is 2.49. The van der Waals surface area contributed by atoms with E-state index in [4.69, 9.17) is 0 Å². The Bertz CT molecular complexity index is 546. The van der Waals surface area contributed by atoms with E-state index < -0.39 is 10.8 Å². The fourth-order valence-corrected chi connectivity index (χ4v) is 2.45. The second kappa shape index (κ2) is 4.84. The largest absolute Gasteiger partial charge is 0.270 e. The van der Waals surface area contributed by atoms with Gasteiger partial charge in [0.1, 0.15) is 0 Å². The van der Waals surface area contributed by atoms with Gasteiger partial charge < -0.3 is 0 Å². The van der Waals surface area contributed by atoms with Gasteiger partial charge in [-0.25, -0.2) is 0 Å². The lowest BCUT2D eigenvalue weighted by atomic mass is 10.1. The fourth-order valence-electron chi connectivity index (χ4n) is 1.70. The summed E-state index contributed by atoms with van der Waals surface area (Å²) in [5.74, 6) is 0. The number of aromatic nitrogens is 2. The minimum absolute atomic E-state index is 0.336. The van der Waals surface area contributed by atoms with Crippen LogP contribution in [0.4, 0.5) is 0 Å². The zero-order chi connectivity index (χ0) is 12.4. The third-order valence-corrected chi connectivity index (χ3v) is 3.59. The lowest BCUT2D eigenvalue weighted by Crippen LogP contribution is -2.01. The third-order valence-electron chi connectivity index (χ3n) is 2.61. The van der Waals surface area contributed by atoms with Gasteiger partial charge in [0.05, 0.1) is 16.5 Å². The van der Waals surface area contributed by atoms with Gasteiger partial charge in [-0.05, 0) is 26.0 Å². The van der Waals surface area contributed by atoms with Gasteiger partial charge in [-0.1, -0.05) is 18.2 Å². The van der Waals surface area contributed by atoms with Crippen molar-refractivity contribution >= 4 is 10.8 Å². The maximum absolute atomic E-state index is 11.7. The van der Waals surface area contributed by atoms with Crippen molar-refractivity contribution in [2.24, 2.45) is 0 Å². The van der Waals surface area contributed by atoms with Crippen molar-refractivity contribution in [3.05, 3.63) is 36.5 Å². The average molecular weight is 248 g/mol. The molecular formula is C13H16N2OS. The highest BCUT2D eigenvalue weighted by molar-refractivity contribution is 7.84. The molecule has 0 amide bonds. The van der Waals surface area contributed by atoms with Crippen molar-refractivity contribution in [1.29, 1.82) is 0 Å². The molecule has 0 saturated carbocycles. The second-order valence-electron chi connectivity index (χ2n) is 4.23. The summed E-state index contributed by atoms with van der Waals surface area (Å²) in [5.41, 5.74) is 1.83. The van der Waals surface area contributed by atoms with Crippen molar-refractivity contribution < 1.29 is 4.21 Å². The number of hydrogen-bond donors (Lipinski definition) is 0. The Kier molecular flexibility index (Phi) is 3.43. The van der Waals surface area contributed by atoms with Crippen LogP contribution in [0, 0.1) is 0 Å². The normalized spacial score (nSPS) is 12.9. The highest BCUT2D eigenvalue weighted by atomic mass is 32.2. The summed E-state index contributed by atoms with van der Waals surface area (Å²) in [5, 5.41) is 4.51. The van der Waals surface area contributed by atoms with Gasteiger partial charge in [-0.15, -0.1) is 0 Å². The van der Waals surface area contributed by atoms with E-state index in [1.54, 1.807) is 6.26 Å². The Labute approximate surface area is 104 Å². The standard InChI is InChI=1S/C13H16N2OS/c1-10(2)15-9-8-12(14-15)11-6-4-5-7-13(11)17(3)16/h4-10H,1-3H3. The van der Waals surface area contributed by atoms with Gasteiger partial charge in [0.25, 0.3) is 0 Å². The number of rotatable bonds is 3. The molecule has 4 heteroatoms. The topological polar surface area (TPSA) is 34.9 Å². The fraction of sp³-hybridized carbons (Fsp3) is 0.308. The highest BCUT2D eigenvalue weighted by Crippen LogP contribution is 2.24. The van der Waals surface area contributed by atoms with Crippen LogP contribution in [0.2, 0.25) is 0 Å². The molecule has 0 saturated heterocycles. The zero-order valence-corrected chi connectivity index (χ0v) is 11.1. The molecule has 3 nitrogen and oxygen atoms in total. The summed E-state index contributed by atoms with van der Waals surface area (Å²) in [6, 6.07) is 10.00. The molecule has 0 spiro atoms. The summed E-state index contributed by atoms with van der Waals surface area (Å²) in [6.45, 7) is 4.17. The van der Waals surface area contributed by atoms with Gasteiger partial charge in [0.2, 0.25) is 0 Å². The molecule has 1 aromatic carbocycles. The van der Waals surface area contributed by atoms with Gasteiger partial charge in [-0.2, -0.15) is 5.10 Å². The smallest absolute Gasteiger partial charge is 0.0935 e. The van der Waals surface area contributed by atoms with Crippen molar-refractivity contribution in [2.45, 2.75) is 24.8 Å². The van der Waals surface area contributed by atoms with Crippen molar-refractivity contribution in [3.8, 4) is 11.3 Å². The van der Waals surface area contributed by atoms with Crippen LogP contribution in [0.25, 0.3) is 11.3 Å². The van der Waals surface area contributed by atoms with Gasteiger partial charge in [0.15, 0.2) is 0 Å². The van der Waals surface area contributed by atoms with E-state index in [1.807, 2.05) is 41.2 Å². The first-order valence-electron chi connectivity index (χ1n) is 5.57. The number of benzene rings is 1. The predicted molar refractivity (Wildman–Crippen MR) is 70.4 cm³/mol. The summed E-state index contributed by atoms with van der Waals surface area (Å²) in [4.78, 5) is 0.835. The SMILES string of the molecule is CC(C)n1ccc(-c2ccccc2S(C)=O)n1. The minimum atomic E-state index is -0.992. The number of hydrogen-bond acceptors (Lipinski definition) is 2. The maximum atomic E-state index is 11.7. The third kappa shape index (κ3) is 2.47. The summed E-state index contributed by atoms with van der Waals surface area (Å²) in [6.07, 6.45) is 3.65. The van der Waals surface area contributed by atoms with Crippen molar-refractivity contribution in [3.63, 3.8) is 0 Å². The molecule has 0 N–H and O–H groups in total. The molecule has 0 bridgehead atoms. The van der Waals surface area contributed by atoms with Crippen molar-refractivity contribution in [2.75, 3.05) is 6.26 Å². The first kappa shape index (κ1) is 12.0. The maximum Gasteiger partial charge on any atom is 0.0935 e. The molecule has 0 aliphatic carbocycles. The van der Waals surface area contributed by atoms with E-state index in [9.17, 15) is 4.21 Å². The van der Waals surface area contributed by atoms with Gasteiger partial charge >= 0.3 is 0 Å². The van der Waals surface area contributed by atoms with Crippen LogP contribution in [0.5, 0.6) is 0 Å². The first-order valence-corrected chi connectivity index (χ1v) is 7.13. The van der Waals surface area contributed by atoms with E-state index in [-0.39, 0.29) is 0 Å². The van der Waals surface area contributed by atoms with Gasteiger partial charge in [-0.3, -0.25) is 8.89 Å². The second-order valence-corrected chi connectivity index (χ2v) is 5.57. The van der Waals surface area contributed by atoms with Crippen LogP contribution >= 0.6 is 0 Å². The summed E-state index contributed by atoms with van der Waals surface area (Å²) >= 11 is 0. The van der Waals surface area contributed by atoms with Crippen LogP contribution in [0.1, 0.15) is 19.9 Å². The lowest BCUT2D eigenvalue weighted by molar-refractivity contribution is 0.534. The molecule has 1 atom stereocenters. The van der Waals surface area contributed by atoms with E-state index in [2.05, 4.69) is 18.9 Å². The predicted octanol–water partition coefficient (Wildman–Crippen LogP) is 2.87. The average Bonchev–Trinajstić information content (AvgIpc) is 2.78. The van der Waals surface area contributed by atoms with Crippen LogP contribution < -0.4 is 0 Å². The molecule has 90 valence electrons. The lowest BCUT2D eigenvalue weighted by Gasteiger charge is -2.06. The molecule has 2 aromatic rings. The Hall–Kier alpha value is -1.42. The number of nitrogens with zero attached hydrogens (tertiary/aromatic N) is 2. The van der Waals surface area contributed by atoms with Crippen LogP contribution in [0.3, 0.4) is 0 Å². The van der Waals surface area contributed by atoms with Gasteiger partial charge in [0, 0.05) is 29.0 Å². The molecule has 1 aromatic heterocycles. The quantitative estimate of drug-likeness (QED) is 0.837. The molecule has 0 aliphatic rings. The molecule has 0 fully saturated rings. The molecule has 1 heterocycles. The van der Waals surface area contributed by atoms with E-state index in [0.717, 1.165) is 16.2 Å². The Morgan fingerprint density at radius 3 is 2.53 bits per heavy atom. The summed E-state index contributed by atoms with van der Waals surface area (Å²) in [7, 11) is -0.992. The molecule has 0 radical (unpaired) electrons. The zero-order valence-electron chi connectivity index (χ0n) is 10.3. The van der Waals surface area contributed by atoms with E-state index >= 15 is 0 Å². The molecule has 0 aliphatic heterocycles. The van der Waals surface area contributed by atoms with Crippen LogP contribution in [-0.4, -0.2) is 20.2 Å². The monoisotopic (exact) mass is 248 g/mol. The Morgan fingerprint density at radius 1 is 1.24 bits per heavy atom. The molecule has 2 rings (SSSR count). The van der Waals surface area contributed by atoms with Crippen LogP contribution in [-0.2, 0) is 10.8 Å². The van der Waals surface area contributed by atoms with Crippen molar-refractivity contribution in [1.82, 2.24) is 9.78 Å². The van der Waals surface area contributed by atoms with E-state index in [1.165, 1.54) is 0 Å².